The van der Waals surface area contributed by atoms with Crippen LogP contribution in [0.1, 0.15) is 52.7 Å². The van der Waals surface area contributed by atoms with Crippen molar-refractivity contribution in [3.05, 3.63) is 59.1 Å². The van der Waals surface area contributed by atoms with Crippen molar-refractivity contribution in [2.75, 3.05) is 7.11 Å². The molecule has 0 aliphatic heterocycles. The van der Waals surface area contributed by atoms with Crippen molar-refractivity contribution < 1.29 is 27.9 Å². The summed E-state index contributed by atoms with van der Waals surface area (Å²) in [6.45, 7) is 22.3. The smallest absolute Gasteiger partial charge is 0.422 e. The van der Waals surface area contributed by atoms with E-state index in [1.54, 1.807) is 24.3 Å². The van der Waals surface area contributed by atoms with Crippen LogP contribution in [0.15, 0.2) is 42.5 Å². The summed E-state index contributed by atoms with van der Waals surface area (Å²) in [5.74, 6) is 1.11. The van der Waals surface area contributed by atoms with E-state index in [4.69, 9.17) is 18.3 Å². The molecule has 37 heavy (non-hydrogen) atoms. The van der Waals surface area contributed by atoms with Gasteiger partial charge in [-0.05, 0) is 66.1 Å². The number of para-hydroxylation sites is 1. The summed E-state index contributed by atoms with van der Waals surface area (Å²) in [7, 11) is -3.03. The summed E-state index contributed by atoms with van der Waals surface area (Å²) in [4.78, 5) is 15.2. The van der Waals surface area contributed by atoms with Crippen molar-refractivity contribution in [2.24, 2.45) is 0 Å². The lowest BCUT2D eigenvalue weighted by atomic mass is 10.1. The molecular weight excluding hydrogens is 500 g/mol. The Kier molecular flexibility index (Phi) is 9.23. The SMILES string of the molecule is COC(=O)C(=[N+]=[N-])c1ccccc1OCc1ccc(O[Si](C)(C)C(C)(C)C)c(O[Si](C)(C)C(C)(C)C)c1. The molecule has 0 unspecified atom stereocenters. The standard InChI is InChI=1S/C28H42N2O5Si2/c1-27(2,3)36(8,9)34-23-17-16-20(18-24(23)35-37(10,11)28(4,5)6)19-33-22-15-13-12-14-21(22)25(30-29)26(31)32-7/h12-18H,19H2,1-11H3. The van der Waals surface area contributed by atoms with E-state index in [1.165, 1.54) is 7.11 Å². The number of nitrogens with zero attached hydrogens (tertiary/aromatic N) is 2. The average Bonchev–Trinajstić information content (AvgIpc) is 2.78. The van der Waals surface area contributed by atoms with Crippen molar-refractivity contribution >= 4 is 28.3 Å². The summed E-state index contributed by atoms with van der Waals surface area (Å²) in [5, 5.41) is 0.0545. The minimum absolute atomic E-state index is 0.0145. The van der Waals surface area contributed by atoms with Gasteiger partial charge in [-0.25, -0.2) is 4.79 Å². The van der Waals surface area contributed by atoms with Crippen LogP contribution < -0.4 is 13.6 Å². The Balaban J connectivity index is 2.45. The van der Waals surface area contributed by atoms with Crippen LogP contribution in [0.3, 0.4) is 0 Å². The molecule has 0 aromatic heterocycles. The zero-order valence-electron chi connectivity index (χ0n) is 24.2. The largest absolute Gasteiger partial charge is 0.541 e. The Morgan fingerprint density at radius 1 is 0.838 bits per heavy atom. The molecule has 202 valence electrons. The first-order chi connectivity index (χ1) is 16.9. The second-order valence-electron chi connectivity index (χ2n) is 12.2. The molecule has 0 spiro atoms. The zero-order valence-corrected chi connectivity index (χ0v) is 26.2. The second-order valence-corrected chi connectivity index (χ2v) is 21.7. The van der Waals surface area contributed by atoms with Crippen LogP contribution in [0.4, 0.5) is 0 Å². The first kappa shape index (κ1) is 30.3. The highest BCUT2D eigenvalue weighted by molar-refractivity contribution is 6.75. The van der Waals surface area contributed by atoms with Gasteiger partial charge in [0.25, 0.3) is 16.6 Å². The summed E-state index contributed by atoms with van der Waals surface area (Å²) in [5.41, 5.74) is 10.4. The summed E-state index contributed by atoms with van der Waals surface area (Å²) in [6.07, 6.45) is 0. The van der Waals surface area contributed by atoms with Gasteiger partial charge in [-0.3, -0.25) is 0 Å². The van der Waals surface area contributed by atoms with Gasteiger partial charge >= 0.3 is 11.7 Å². The zero-order chi connectivity index (χ0) is 28.2. The van der Waals surface area contributed by atoms with E-state index >= 15 is 0 Å². The van der Waals surface area contributed by atoms with E-state index < -0.39 is 22.6 Å². The molecule has 9 heteroatoms. The third-order valence-corrected chi connectivity index (χ3v) is 16.1. The molecule has 2 aromatic carbocycles. The molecule has 0 saturated carbocycles. The minimum atomic E-state index is -2.15. The molecule has 7 nitrogen and oxygen atoms in total. The third kappa shape index (κ3) is 7.34. The van der Waals surface area contributed by atoms with Gasteiger partial charge in [0.1, 0.15) is 29.4 Å². The predicted octanol–water partition coefficient (Wildman–Crippen LogP) is 7.23. The first-order valence-electron chi connectivity index (χ1n) is 12.5. The van der Waals surface area contributed by atoms with E-state index in [0.29, 0.717) is 11.3 Å². The van der Waals surface area contributed by atoms with Crippen molar-refractivity contribution in [1.29, 1.82) is 0 Å². The Morgan fingerprint density at radius 3 is 1.89 bits per heavy atom. The van der Waals surface area contributed by atoms with Gasteiger partial charge in [0, 0.05) is 0 Å². The fourth-order valence-corrected chi connectivity index (χ4v) is 4.95. The Hall–Kier alpha value is -2.88. The molecule has 0 bridgehead atoms. The first-order valence-corrected chi connectivity index (χ1v) is 18.3. The van der Waals surface area contributed by atoms with Crippen molar-refractivity contribution in [2.45, 2.75) is 84.4 Å². The Labute approximate surface area is 224 Å². The molecule has 0 aliphatic rings. The van der Waals surface area contributed by atoms with Gasteiger partial charge < -0.3 is 23.9 Å². The lowest BCUT2D eigenvalue weighted by Crippen LogP contribution is -2.45. The maximum absolute atomic E-state index is 12.1. The molecule has 0 N–H and O–H groups in total. The van der Waals surface area contributed by atoms with Crippen LogP contribution in [-0.2, 0) is 16.1 Å². The number of rotatable bonds is 9. The number of ether oxygens (including phenoxy) is 2. The summed E-state index contributed by atoms with van der Waals surface area (Å²) < 4.78 is 24.2. The topological polar surface area (TPSA) is 90.4 Å². The van der Waals surface area contributed by atoms with Crippen LogP contribution in [0, 0.1) is 0 Å². The van der Waals surface area contributed by atoms with Gasteiger partial charge in [-0.1, -0.05) is 59.7 Å². The number of carbonyl (C=O) groups excluding carboxylic acids is 1. The molecule has 0 saturated heterocycles. The van der Waals surface area contributed by atoms with Crippen LogP contribution in [-0.4, -0.2) is 40.2 Å². The fraction of sp³-hybridized carbons (Fsp3) is 0.500. The molecule has 0 heterocycles. The minimum Gasteiger partial charge on any atom is -0.541 e. The van der Waals surface area contributed by atoms with Crippen molar-refractivity contribution in [3.8, 4) is 17.2 Å². The van der Waals surface area contributed by atoms with E-state index in [9.17, 15) is 10.3 Å². The Bertz CT molecular complexity index is 1170. The Morgan fingerprint density at radius 2 is 1.38 bits per heavy atom. The number of esters is 1. The number of methoxy groups -OCH3 is 1. The molecule has 0 fully saturated rings. The van der Waals surface area contributed by atoms with E-state index in [-0.39, 0.29) is 22.4 Å². The molecule has 0 radical (unpaired) electrons. The number of benzene rings is 2. The van der Waals surface area contributed by atoms with Crippen molar-refractivity contribution in [1.82, 2.24) is 0 Å². The number of hydrogen-bond donors (Lipinski definition) is 0. The number of hydrogen-bond acceptors (Lipinski definition) is 5. The molecule has 0 aliphatic carbocycles. The molecular formula is C28H42N2O5Si2. The van der Waals surface area contributed by atoms with E-state index in [2.05, 4.69) is 72.5 Å². The molecule has 0 atom stereocenters. The maximum Gasteiger partial charge on any atom is 0.422 e. The van der Waals surface area contributed by atoms with Crippen LogP contribution in [0.25, 0.3) is 5.53 Å². The normalized spacial score (nSPS) is 12.4. The van der Waals surface area contributed by atoms with Gasteiger partial charge in [-0.15, -0.1) is 0 Å². The molecule has 0 amide bonds. The van der Waals surface area contributed by atoms with Crippen LogP contribution in [0.5, 0.6) is 17.2 Å². The fourth-order valence-electron chi connectivity index (χ4n) is 2.91. The highest BCUT2D eigenvalue weighted by Gasteiger charge is 2.42. The number of carbonyl (C=O) groups is 1. The van der Waals surface area contributed by atoms with Gasteiger partial charge in [-0.2, -0.15) is 4.79 Å². The lowest BCUT2D eigenvalue weighted by molar-refractivity contribution is -0.137. The second kappa shape index (κ2) is 11.2. The van der Waals surface area contributed by atoms with Crippen molar-refractivity contribution in [3.63, 3.8) is 0 Å². The predicted molar refractivity (Wildman–Crippen MR) is 153 cm³/mol. The van der Waals surface area contributed by atoms with Crippen LogP contribution >= 0.6 is 0 Å². The molecule has 2 aromatic rings. The van der Waals surface area contributed by atoms with Gasteiger partial charge in [0.2, 0.25) is 0 Å². The summed E-state index contributed by atoms with van der Waals surface area (Å²) >= 11 is 0. The van der Waals surface area contributed by atoms with E-state index in [1.807, 2.05) is 18.2 Å². The monoisotopic (exact) mass is 542 g/mol. The third-order valence-electron chi connectivity index (χ3n) is 7.37. The highest BCUT2D eigenvalue weighted by atomic mass is 28.4. The van der Waals surface area contributed by atoms with Gasteiger partial charge in [0.15, 0.2) is 0 Å². The molecule has 2 rings (SSSR count). The quantitative estimate of drug-likeness (QED) is 0.110. The van der Waals surface area contributed by atoms with E-state index in [0.717, 1.165) is 17.1 Å². The summed E-state index contributed by atoms with van der Waals surface area (Å²) in [6, 6.07) is 12.8. The lowest BCUT2D eigenvalue weighted by Gasteiger charge is -2.39. The van der Waals surface area contributed by atoms with Gasteiger partial charge in [0.05, 0.1) is 7.11 Å². The average molecular weight is 543 g/mol. The maximum atomic E-state index is 12.1. The van der Waals surface area contributed by atoms with Crippen LogP contribution in [0.2, 0.25) is 36.3 Å². The highest BCUT2D eigenvalue weighted by Crippen LogP contribution is 2.43.